The molecule has 0 unspecified atom stereocenters. The summed E-state index contributed by atoms with van der Waals surface area (Å²) in [6.45, 7) is 0.254. The molecule has 0 aliphatic carbocycles. The number of hydrogen-bond acceptors (Lipinski definition) is 6. The highest BCUT2D eigenvalue weighted by molar-refractivity contribution is 5.90. The van der Waals surface area contributed by atoms with Gasteiger partial charge in [-0.05, 0) is 29.8 Å². The van der Waals surface area contributed by atoms with Crippen LogP contribution >= 0.6 is 0 Å². The van der Waals surface area contributed by atoms with Crippen molar-refractivity contribution in [2.75, 3.05) is 12.4 Å². The number of amides is 1. The van der Waals surface area contributed by atoms with Crippen LogP contribution in [0.1, 0.15) is 5.56 Å². The Kier molecular flexibility index (Phi) is 4.70. The molecular weight excluding hydrogens is 374 g/mol. The molecule has 4 rings (SSSR count). The van der Waals surface area contributed by atoms with Crippen molar-refractivity contribution >= 4 is 23.4 Å². The van der Waals surface area contributed by atoms with Gasteiger partial charge >= 0.3 is 12.1 Å². The highest BCUT2D eigenvalue weighted by atomic mass is 16.5. The predicted octanol–water partition coefficient (Wildman–Crippen LogP) is 2.03. The number of nitrogens with one attached hydrogen (secondary N) is 2. The molecule has 0 saturated heterocycles. The summed E-state index contributed by atoms with van der Waals surface area (Å²) in [6, 6.07) is 13.7. The van der Waals surface area contributed by atoms with E-state index in [4.69, 9.17) is 4.74 Å². The quantitative estimate of drug-likeness (QED) is 0.433. The van der Waals surface area contributed by atoms with Gasteiger partial charge in [-0.15, -0.1) is 0 Å². The third-order valence-corrected chi connectivity index (χ3v) is 4.40. The second kappa shape index (κ2) is 7.47. The summed E-state index contributed by atoms with van der Waals surface area (Å²) < 4.78 is 6.60. The molecule has 1 radical (unpaired) electrons. The number of nitrogens with zero attached hydrogens (tertiary/aromatic N) is 3. The molecule has 2 heterocycles. The fourth-order valence-electron chi connectivity index (χ4n) is 3.00. The maximum Gasteiger partial charge on any atom is 0.328 e. The number of methoxy groups -OCH3 is 1. The molecule has 3 N–H and O–H groups in total. The molecule has 9 heteroatoms. The zero-order valence-corrected chi connectivity index (χ0v) is 15.3. The van der Waals surface area contributed by atoms with Crippen LogP contribution < -0.4 is 15.7 Å². The molecule has 0 saturated carbocycles. The van der Waals surface area contributed by atoms with Gasteiger partial charge in [-0.1, -0.05) is 24.3 Å². The molecule has 4 aromatic rings. The van der Waals surface area contributed by atoms with E-state index in [9.17, 15) is 14.7 Å². The van der Waals surface area contributed by atoms with Crippen LogP contribution in [0, 0.1) is 0 Å². The number of rotatable bonds is 6. The minimum Gasteiger partial charge on any atom is -0.508 e. The molecule has 2 aromatic heterocycles. The number of hydrogen-bond donors (Lipinski definition) is 3. The number of aromatic nitrogens is 4. The lowest BCUT2D eigenvalue weighted by atomic mass is 10.2. The predicted molar refractivity (Wildman–Crippen MR) is 107 cm³/mol. The minimum absolute atomic E-state index is 0.0485. The van der Waals surface area contributed by atoms with Crippen LogP contribution in [0.5, 0.6) is 11.5 Å². The second-order valence-electron chi connectivity index (χ2n) is 6.24. The number of imidazole rings is 1. The fourth-order valence-corrected chi connectivity index (χ4v) is 3.00. The first-order valence-electron chi connectivity index (χ1n) is 8.65. The van der Waals surface area contributed by atoms with Crippen molar-refractivity contribution in [3.05, 3.63) is 64.6 Å². The smallest absolute Gasteiger partial charge is 0.328 e. The van der Waals surface area contributed by atoms with E-state index in [1.54, 1.807) is 37.8 Å². The molecule has 1 amide bonds. The van der Waals surface area contributed by atoms with Crippen LogP contribution in [0.15, 0.2) is 53.3 Å². The Balaban J connectivity index is 1.86. The number of anilines is 1. The molecule has 0 aliphatic heterocycles. The van der Waals surface area contributed by atoms with Gasteiger partial charge in [0, 0.05) is 5.56 Å². The minimum atomic E-state index is -0.396. The van der Waals surface area contributed by atoms with Gasteiger partial charge < -0.3 is 20.1 Å². The third-order valence-electron chi connectivity index (χ3n) is 4.40. The van der Waals surface area contributed by atoms with Gasteiger partial charge in [-0.3, -0.25) is 9.36 Å². The van der Waals surface area contributed by atoms with Gasteiger partial charge in [0.05, 0.1) is 13.7 Å². The molecule has 2 aromatic carbocycles. The lowest BCUT2D eigenvalue weighted by Gasteiger charge is -2.08. The fraction of sp³-hybridized carbons (Fsp3) is 0.100. The van der Waals surface area contributed by atoms with Crippen LogP contribution in [0.2, 0.25) is 0 Å². The number of fused-ring (bicyclic) bond motifs is 1. The zero-order chi connectivity index (χ0) is 20.4. The van der Waals surface area contributed by atoms with Gasteiger partial charge in [0.2, 0.25) is 0 Å². The Hall–Kier alpha value is -4.14. The summed E-state index contributed by atoms with van der Waals surface area (Å²) in [5.74, 6) is 1.12. The van der Waals surface area contributed by atoms with Gasteiger partial charge in [0.15, 0.2) is 17.3 Å². The van der Waals surface area contributed by atoms with Crippen LogP contribution in [-0.2, 0) is 11.3 Å². The number of H-pyrrole nitrogens is 1. The summed E-state index contributed by atoms with van der Waals surface area (Å²) in [4.78, 5) is 35.0. The Labute approximate surface area is 164 Å². The number of benzene rings is 2. The van der Waals surface area contributed by atoms with Crippen molar-refractivity contribution in [1.82, 2.24) is 19.5 Å². The lowest BCUT2D eigenvalue weighted by molar-refractivity contribution is 0.414. The first kappa shape index (κ1) is 18.2. The van der Waals surface area contributed by atoms with E-state index in [1.807, 2.05) is 12.1 Å². The SMILES string of the molecule is COc1ccc(Cn2c(=O)[nH]c3c(N[C]=O)nc(-c4cccc(O)c4)nc32)cc1. The van der Waals surface area contributed by atoms with E-state index in [2.05, 4.69) is 20.3 Å². The van der Waals surface area contributed by atoms with Crippen molar-refractivity contribution < 1.29 is 14.6 Å². The van der Waals surface area contributed by atoms with E-state index >= 15 is 0 Å². The normalized spacial score (nSPS) is 10.8. The molecule has 0 atom stereocenters. The Morgan fingerprint density at radius 1 is 1.21 bits per heavy atom. The van der Waals surface area contributed by atoms with Gasteiger partial charge in [0.25, 0.3) is 0 Å². The van der Waals surface area contributed by atoms with Crippen LogP contribution in [0.3, 0.4) is 0 Å². The van der Waals surface area contributed by atoms with Gasteiger partial charge in [0.1, 0.15) is 17.0 Å². The average Bonchev–Trinajstić information content (AvgIpc) is 3.04. The van der Waals surface area contributed by atoms with Crippen molar-refractivity contribution in [3.63, 3.8) is 0 Å². The Morgan fingerprint density at radius 2 is 2.00 bits per heavy atom. The van der Waals surface area contributed by atoms with Gasteiger partial charge in [-0.2, -0.15) is 0 Å². The number of phenolic OH excluding ortho intramolecular Hbond substituents is 1. The van der Waals surface area contributed by atoms with Crippen LogP contribution in [0.4, 0.5) is 5.82 Å². The molecule has 0 aliphatic rings. The summed E-state index contributed by atoms with van der Waals surface area (Å²) in [5.41, 5.74) is 1.60. The highest BCUT2D eigenvalue weighted by Gasteiger charge is 2.17. The van der Waals surface area contributed by atoms with E-state index in [1.165, 1.54) is 16.7 Å². The summed E-state index contributed by atoms with van der Waals surface area (Å²) in [6.07, 6.45) is 1.57. The first-order valence-corrected chi connectivity index (χ1v) is 8.65. The zero-order valence-electron chi connectivity index (χ0n) is 15.3. The number of ether oxygens (including phenoxy) is 1. The van der Waals surface area contributed by atoms with E-state index in [0.717, 1.165) is 5.56 Å². The number of aromatic amines is 1. The monoisotopic (exact) mass is 390 g/mol. The Morgan fingerprint density at radius 3 is 2.69 bits per heavy atom. The van der Waals surface area contributed by atoms with Crippen molar-refractivity contribution in [2.24, 2.45) is 0 Å². The summed E-state index contributed by atoms with van der Waals surface area (Å²) in [5, 5.41) is 12.1. The van der Waals surface area contributed by atoms with Crippen molar-refractivity contribution in [1.29, 1.82) is 0 Å². The first-order chi connectivity index (χ1) is 14.1. The molecule has 29 heavy (non-hydrogen) atoms. The van der Waals surface area contributed by atoms with Crippen LogP contribution in [-0.4, -0.2) is 38.1 Å². The maximum absolute atomic E-state index is 12.6. The highest BCUT2D eigenvalue weighted by Crippen LogP contribution is 2.25. The molecule has 9 nitrogen and oxygen atoms in total. The largest absolute Gasteiger partial charge is 0.508 e. The molecular formula is C20H16N5O4. The third kappa shape index (κ3) is 3.53. The number of aromatic hydroxyl groups is 1. The second-order valence-corrected chi connectivity index (χ2v) is 6.24. The van der Waals surface area contributed by atoms with E-state index in [-0.39, 0.29) is 29.5 Å². The van der Waals surface area contributed by atoms with Crippen molar-refractivity contribution in [2.45, 2.75) is 6.54 Å². The molecule has 0 bridgehead atoms. The van der Waals surface area contributed by atoms with Crippen molar-refractivity contribution in [3.8, 4) is 22.9 Å². The molecule has 0 spiro atoms. The maximum atomic E-state index is 12.6. The molecule has 0 fully saturated rings. The standard InChI is InChI=1S/C20H16N5O4/c1-29-15-7-5-12(6-8-15)10-25-19-16(22-20(25)28)18(21-11-26)23-17(24-19)13-3-2-4-14(27)9-13/h2-9,27H,10H2,1H3,(H,22,28)(H,21,23,24,26). The Bertz CT molecular complexity index is 1240. The van der Waals surface area contributed by atoms with Gasteiger partial charge in [-0.25, -0.2) is 14.8 Å². The summed E-state index contributed by atoms with van der Waals surface area (Å²) in [7, 11) is 1.58. The topological polar surface area (TPSA) is 122 Å². The average molecular weight is 390 g/mol. The number of carbonyl (C=O) groups excluding carboxylic acids is 1. The summed E-state index contributed by atoms with van der Waals surface area (Å²) >= 11 is 0. The van der Waals surface area contributed by atoms with Crippen LogP contribution in [0.25, 0.3) is 22.6 Å². The van der Waals surface area contributed by atoms with E-state index in [0.29, 0.717) is 17.0 Å². The van der Waals surface area contributed by atoms with E-state index < -0.39 is 5.69 Å². The molecule has 145 valence electrons. The number of phenols is 1. The lowest BCUT2D eigenvalue weighted by Crippen LogP contribution is -2.17.